The van der Waals surface area contributed by atoms with Gasteiger partial charge in [-0.15, -0.1) is 0 Å². The van der Waals surface area contributed by atoms with Gasteiger partial charge in [-0.1, -0.05) is 0 Å². The molecular formula is C12H17F3N4O. The van der Waals surface area contributed by atoms with Gasteiger partial charge in [0.2, 0.25) is 0 Å². The molecule has 3 heterocycles. The highest BCUT2D eigenvalue weighted by atomic mass is 19.4. The molecule has 1 saturated heterocycles. The lowest BCUT2D eigenvalue weighted by Gasteiger charge is -2.21. The largest absolute Gasteiger partial charge is 0.396 e. The predicted molar refractivity (Wildman–Crippen MR) is 63.9 cm³/mol. The molecule has 1 unspecified atom stereocenters. The Morgan fingerprint density at radius 2 is 2.15 bits per heavy atom. The number of halogens is 3. The van der Waals surface area contributed by atoms with E-state index in [2.05, 4.69) is 10.1 Å². The molecule has 0 saturated carbocycles. The van der Waals surface area contributed by atoms with Crippen molar-refractivity contribution in [2.45, 2.75) is 25.1 Å². The van der Waals surface area contributed by atoms with E-state index in [1.165, 1.54) is 6.33 Å². The van der Waals surface area contributed by atoms with Gasteiger partial charge in [0.05, 0.1) is 12.0 Å². The van der Waals surface area contributed by atoms with Gasteiger partial charge in [0.25, 0.3) is 0 Å². The summed E-state index contributed by atoms with van der Waals surface area (Å²) in [4.78, 5) is 5.91. The van der Waals surface area contributed by atoms with Crippen molar-refractivity contribution in [1.29, 1.82) is 0 Å². The first-order valence-corrected chi connectivity index (χ1v) is 6.77. The van der Waals surface area contributed by atoms with E-state index in [9.17, 15) is 13.2 Å². The monoisotopic (exact) mass is 290 g/mol. The smallest absolute Gasteiger partial charge is 0.393 e. The number of nitrogens with zero attached hydrogens (tertiary/aromatic N) is 4. The summed E-state index contributed by atoms with van der Waals surface area (Å²) >= 11 is 0. The molecule has 8 heteroatoms. The number of aryl methyl sites for hydroxylation is 1. The topological polar surface area (TPSA) is 54.2 Å². The van der Waals surface area contributed by atoms with Gasteiger partial charge < -0.3 is 10.0 Å². The number of likely N-dealkylation sites (tertiary alicyclic amines) is 1. The summed E-state index contributed by atoms with van der Waals surface area (Å²) in [5, 5.41) is 13.3. The van der Waals surface area contributed by atoms with Crippen LogP contribution < -0.4 is 0 Å². The van der Waals surface area contributed by atoms with Gasteiger partial charge in [-0.25, -0.2) is 9.67 Å². The third kappa shape index (κ3) is 2.42. The summed E-state index contributed by atoms with van der Waals surface area (Å²) in [6, 6.07) is 0.0961. The van der Waals surface area contributed by atoms with E-state index in [0.29, 0.717) is 13.1 Å². The molecule has 0 aliphatic carbocycles. The van der Waals surface area contributed by atoms with Crippen molar-refractivity contribution < 1.29 is 18.3 Å². The Balaban J connectivity index is 1.65. The van der Waals surface area contributed by atoms with Gasteiger partial charge in [0.15, 0.2) is 0 Å². The fourth-order valence-electron chi connectivity index (χ4n) is 3.31. The number of hydrogen-bond donors (Lipinski definition) is 1. The Morgan fingerprint density at radius 1 is 1.35 bits per heavy atom. The van der Waals surface area contributed by atoms with Crippen molar-refractivity contribution in [3.05, 3.63) is 12.2 Å². The molecule has 0 bridgehead atoms. The third-order valence-electron chi connectivity index (χ3n) is 4.33. The zero-order valence-corrected chi connectivity index (χ0v) is 10.9. The second-order valence-corrected chi connectivity index (χ2v) is 5.62. The normalized spacial score (nSPS) is 30.9. The molecule has 112 valence electrons. The molecule has 2 aliphatic heterocycles. The molecule has 3 rings (SSSR count). The van der Waals surface area contributed by atoms with Crippen molar-refractivity contribution in [2.75, 3.05) is 26.2 Å². The molecule has 20 heavy (non-hydrogen) atoms. The molecular weight excluding hydrogens is 273 g/mol. The zero-order valence-electron chi connectivity index (χ0n) is 10.9. The van der Waals surface area contributed by atoms with Crippen LogP contribution in [0, 0.1) is 11.8 Å². The van der Waals surface area contributed by atoms with Crippen LogP contribution in [-0.4, -0.2) is 57.2 Å². The number of aliphatic hydroxyl groups excluding tert-OH is 1. The van der Waals surface area contributed by atoms with Crippen LogP contribution in [0.1, 0.15) is 18.3 Å². The van der Waals surface area contributed by atoms with Gasteiger partial charge in [-0.2, -0.15) is 18.3 Å². The quantitative estimate of drug-likeness (QED) is 0.897. The summed E-state index contributed by atoms with van der Waals surface area (Å²) in [5.74, 6) is -1.24. The minimum Gasteiger partial charge on any atom is -0.396 e. The summed E-state index contributed by atoms with van der Waals surface area (Å²) in [6.45, 7) is 0.385. The van der Waals surface area contributed by atoms with Crippen LogP contribution in [0.4, 0.5) is 13.2 Å². The fourth-order valence-corrected chi connectivity index (χ4v) is 3.31. The molecule has 2 aliphatic rings. The van der Waals surface area contributed by atoms with Crippen molar-refractivity contribution in [3.8, 4) is 0 Å². The van der Waals surface area contributed by atoms with Crippen LogP contribution in [0.5, 0.6) is 0 Å². The molecule has 0 spiro atoms. The third-order valence-corrected chi connectivity index (χ3v) is 4.33. The zero-order chi connectivity index (χ0) is 14.3. The van der Waals surface area contributed by atoms with Crippen LogP contribution in [0.2, 0.25) is 0 Å². The van der Waals surface area contributed by atoms with E-state index < -0.39 is 24.6 Å². The maximum atomic E-state index is 12.9. The standard InChI is InChI=1S/C12H17F3N4O/c13-12(14,15)10-5-18(3-8(10)6-20)4-9-1-2-11-16-7-17-19(9)11/h7-10,20H,1-6H2/t8-,9?,10+/m0/s1. The van der Waals surface area contributed by atoms with Crippen molar-refractivity contribution in [2.24, 2.45) is 11.8 Å². The summed E-state index contributed by atoms with van der Waals surface area (Å²) in [5.41, 5.74) is 0. The molecule has 5 nitrogen and oxygen atoms in total. The van der Waals surface area contributed by atoms with E-state index in [4.69, 9.17) is 5.11 Å². The molecule has 3 atom stereocenters. The Bertz CT molecular complexity index is 476. The maximum Gasteiger partial charge on any atom is 0.393 e. The highest BCUT2D eigenvalue weighted by Gasteiger charge is 2.49. The fraction of sp³-hybridized carbons (Fsp3) is 0.833. The number of aliphatic hydroxyl groups is 1. The maximum absolute atomic E-state index is 12.9. The first-order chi connectivity index (χ1) is 9.49. The Morgan fingerprint density at radius 3 is 2.80 bits per heavy atom. The SMILES string of the molecule is OC[C@@H]1CN(CC2CCc3ncnn32)C[C@H]1C(F)(F)F. The van der Waals surface area contributed by atoms with Gasteiger partial charge >= 0.3 is 6.18 Å². The minimum atomic E-state index is -4.24. The van der Waals surface area contributed by atoms with Crippen LogP contribution >= 0.6 is 0 Å². The summed E-state index contributed by atoms with van der Waals surface area (Å²) < 4.78 is 40.5. The lowest BCUT2D eigenvalue weighted by Crippen LogP contribution is -2.32. The Kier molecular flexibility index (Phi) is 3.45. The Labute approximate surface area is 114 Å². The van der Waals surface area contributed by atoms with Gasteiger partial charge in [0.1, 0.15) is 12.2 Å². The van der Waals surface area contributed by atoms with E-state index >= 15 is 0 Å². The lowest BCUT2D eigenvalue weighted by atomic mass is 9.97. The van der Waals surface area contributed by atoms with Gasteiger partial charge in [0, 0.05) is 38.6 Å². The van der Waals surface area contributed by atoms with E-state index in [-0.39, 0.29) is 12.6 Å². The number of alkyl halides is 3. The molecule has 1 aromatic heterocycles. The van der Waals surface area contributed by atoms with E-state index in [1.54, 1.807) is 4.90 Å². The highest BCUT2D eigenvalue weighted by molar-refractivity contribution is 4.97. The Hall–Kier alpha value is -1.15. The van der Waals surface area contributed by atoms with Crippen molar-refractivity contribution in [3.63, 3.8) is 0 Å². The minimum absolute atomic E-state index is 0.0325. The summed E-state index contributed by atoms with van der Waals surface area (Å²) in [6.07, 6.45) is -1.06. The number of rotatable bonds is 3. The molecule has 0 aromatic carbocycles. The molecule has 1 fully saturated rings. The predicted octanol–water partition coefficient (Wildman–Crippen LogP) is 0.868. The summed E-state index contributed by atoms with van der Waals surface area (Å²) in [7, 11) is 0. The van der Waals surface area contributed by atoms with Crippen LogP contribution in [-0.2, 0) is 6.42 Å². The average Bonchev–Trinajstić information content (AvgIpc) is 3.05. The lowest BCUT2D eigenvalue weighted by molar-refractivity contribution is -0.183. The number of hydrogen-bond acceptors (Lipinski definition) is 4. The number of aromatic nitrogens is 3. The van der Waals surface area contributed by atoms with Crippen LogP contribution in [0.3, 0.4) is 0 Å². The first kappa shape index (κ1) is 13.8. The van der Waals surface area contributed by atoms with Crippen LogP contribution in [0.25, 0.3) is 0 Å². The molecule has 1 aromatic rings. The van der Waals surface area contributed by atoms with Crippen molar-refractivity contribution >= 4 is 0 Å². The highest BCUT2D eigenvalue weighted by Crippen LogP contribution is 2.38. The van der Waals surface area contributed by atoms with Gasteiger partial charge in [-0.05, 0) is 6.42 Å². The van der Waals surface area contributed by atoms with E-state index in [1.807, 2.05) is 4.68 Å². The average molecular weight is 290 g/mol. The first-order valence-electron chi connectivity index (χ1n) is 6.77. The second-order valence-electron chi connectivity index (χ2n) is 5.62. The van der Waals surface area contributed by atoms with Crippen LogP contribution in [0.15, 0.2) is 6.33 Å². The molecule has 1 N–H and O–H groups in total. The molecule has 0 radical (unpaired) electrons. The van der Waals surface area contributed by atoms with Gasteiger partial charge in [-0.3, -0.25) is 0 Å². The van der Waals surface area contributed by atoms with E-state index in [0.717, 1.165) is 18.7 Å². The second kappa shape index (κ2) is 5.00. The molecule has 0 amide bonds. The van der Waals surface area contributed by atoms with Crippen molar-refractivity contribution in [1.82, 2.24) is 19.7 Å². The number of fused-ring (bicyclic) bond motifs is 1.